The molecular formula is C7H18NO5P. The van der Waals surface area contributed by atoms with Crippen molar-refractivity contribution in [2.24, 2.45) is 0 Å². The summed E-state index contributed by atoms with van der Waals surface area (Å²) in [4.78, 5) is 19.1. The van der Waals surface area contributed by atoms with Crippen molar-refractivity contribution in [2.75, 3.05) is 46.1 Å². The van der Waals surface area contributed by atoms with E-state index in [1.807, 2.05) is 0 Å². The Bertz CT molecular complexity index is 198. The van der Waals surface area contributed by atoms with Gasteiger partial charge < -0.3 is 29.0 Å². The van der Waals surface area contributed by atoms with Crippen molar-refractivity contribution in [3.8, 4) is 0 Å². The Hall–Kier alpha value is 0.0300. The van der Waals surface area contributed by atoms with Crippen molar-refractivity contribution in [1.29, 1.82) is 0 Å². The third kappa shape index (κ3) is 6.48. The number of hydrogen-bond donors (Lipinski definition) is 3. The Morgan fingerprint density at radius 1 is 1.21 bits per heavy atom. The van der Waals surface area contributed by atoms with Crippen molar-refractivity contribution < 1.29 is 29.0 Å². The Kier molecular flexibility index (Phi) is 5.81. The number of nitrogens with zero attached hydrogens (tertiary/aromatic N) is 1. The van der Waals surface area contributed by atoms with Crippen LogP contribution in [-0.4, -0.2) is 65.6 Å². The van der Waals surface area contributed by atoms with Crippen LogP contribution < -0.4 is 4.89 Å². The average Bonchev–Trinajstić information content (AvgIpc) is 2.01. The van der Waals surface area contributed by atoms with Gasteiger partial charge in [0.25, 0.3) is 0 Å². The van der Waals surface area contributed by atoms with Crippen molar-refractivity contribution >= 4 is 7.60 Å². The fraction of sp³-hybridized carbons (Fsp3) is 1.00. The molecule has 86 valence electrons. The summed E-state index contributed by atoms with van der Waals surface area (Å²) in [7, 11) is -2.51. The molecule has 0 bridgehead atoms. The molecule has 0 rings (SSSR count). The van der Waals surface area contributed by atoms with Gasteiger partial charge in [-0.2, -0.15) is 0 Å². The zero-order valence-corrected chi connectivity index (χ0v) is 9.19. The van der Waals surface area contributed by atoms with Gasteiger partial charge in [-0.05, 0) is 0 Å². The van der Waals surface area contributed by atoms with E-state index >= 15 is 0 Å². The van der Waals surface area contributed by atoms with Gasteiger partial charge in [0, 0.05) is 0 Å². The molecule has 3 N–H and O–H groups in total. The molecule has 0 saturated carbocycles. The molecule has 1 unspecified atom stereocenters. The van der Waals surface area contributed by atoms with E-state index in [9.17, 15) is 9.46 Å². The smallest absolute Gasteiger partial charge is 0.138 e. The summed E-state index contributed by atoms with van der Waals surface area (Å²) < 4.78 is 10.8. The van der Waals surface area contributed by atoms with Gasteiger partial charge in [0.2, 0.25) is 0 Å². The van der Waals surface area contributed by atoms with Gasteiger partial charge in [-0.1, -0.05) is 0 Å². The van der Waals surface area contributed by atoms with E-state index in [1.165, 1.54) is 0 Å². The number of rotatable bonds is 7. The van der Waals surface area contributed by atoms with Gasteiger partial charge >= 0.3 is 0 Å². The first-order valence-corrected chi connectivity index (χ1v) is 6.17. The summed E-state index contributed by atoms with van der Waals surface area (Å²) >= 11 is 0. The van der Waals surface area contributed by atoms with Crippen LogP contribution >= 0.6 is 7.60 Å². The topological polar surface area (TPSA) is 101 Å². The lowest BCUT2D eigenvalue weighted by molar-refractivity contribution is -0.908. The molecule has 14 heavy (non-hydrogen) atoms. The molecule has 0 heterocycles. The third-order valence-corrected chi connectivity index (χ3v) is 2.97. The van der Waals surface area contributed by atoms with E-state index in [2.05, 4.69) is 0 Å². The lowest BCUT2D eigenvalue weighted by Crippen LogP contribution is -2.50. The maximum atomic E-state index is 10.5. The molecule has 0 aromatic rings. The second-order valence-corrected chi connectivity index (χ2v) is 5.32. The minimum atomic E-state index is -4.24. The van der Waals surface area contributed by atoms with E-state index in [4.69, 9.17) is 15.1 Å². The molecule has 0 aliphatic rings. The van der Waals surface area contributed by atoms with Crippen LogP contribution in [0.4, 0.5) is 0 Å². The summed E-state index contributed by atoms with van der Waals surface area (Å²) in [5.74, 6) is 0. The molecule has 0 aliphatic heterocycles. The van der Waals surface area contributed by atoms with Crippen LogP contribution in [0, 0.1) is 0 Å². The number of aliphatic hydroxyl groups is 2. The van der Waals surface area contributed by atoms with E-state index in [-0.39, 0.29) is 30.4 Å². The van der Waals surface area contributed by atoms with Crippen LogP contribution in [0.2, 0.25) is 0 Å². The molecule has 0 fully saturated rings. The standard InChI is InChI=1S/C7H18NO5P/c1-8(2-5-9,3-6-10)4-7-14(11,12)13/h9-10H,2-7H2,1H3,(H-,11,12,13). The summed E-state index contributed by atoms with van der Waals surface area (Å²) in [5, 5.41) is 17.5. The summed E-state index contributed by atoms with van der Waals surface area (Å²) in [6.45, 7) is 0.760. The monoisotopic (exact) mass is 227 g/mol. The zero-order valence-electron chi connectivity index (χ0n) is 8.30. The Morgan fingerprint density at radius 2 is 1.64 bits per heavy atom. The van der Waals surface area contributed by atoms with Gasteiger partial charge in [0.05, 0.1) is 33.0 Å². The largest absolute Gasteiger partial charge is 0.778 e. The van der Waals surface area contributed by atoms with Gasteiger partial charge in [0.15, 0.2) is 0 Å². The Morgan fingerprint density at radius 3 is 1.93 bits per heavy atom. The summed E-state index contributed by atoms with van der Waals surface area (Å²) in [5.41, 5.74) is 0. The minimum Gasteiger partial charge on any atom is -0.778 e. The molecule has 0 spiro atoms. The highest BCUT2D eigenvalue weighted by Gasteiger charge is 2.21. The van der Waals surface area contributed by atoms with E-state index in [1.54, 1.807) is 7.05 Å². The van der Waals surface area contributed by atoms with Crippen LogP contribution in [0.15, 0.2) is 0 Å². The summed E-state index contributed by atoms with van der Waals surface area (Å²) in [6, 6.07) is 0. The first kappa shape index (κ1) is 14.0. The molecule has 7 heteroatoms. The number of quaternary nitrogens is 1. The maximum Gasteiger partial charge on any atom is 0.138 e. The SMILES string of the molecule is C[N+](CCO)(CCO)CCP(=O)([O-])O. The molecule has 0 amide bonds. The van der Waals surface area contributed by atoms with E-state index < -0.39 is 7.60 Å². The molecule has 0 aliphatic carbocycles. The zero-order chi connectivity index (χ0) is 11.2. The highest BCUT2D eigenvalue weighted by molar-refractivity contribution is 7.50. The predicted molar refractivity (Wildman–Crippen MR) is 49.6 cm³/mol. The molecule has 0 saturated heterocycles. The van der Waals surface area contributed by atoms with Gasteiger partial charge in [0.1, 0.15) is 20.7 Å². The van der Waals surface area contributed by atoms with Crippen molar-refractivity contribution in [1.82, 2.24) is 0 Å². The number of hydrogen-bond acceptors (Lipinski definition) is 4. The maximum absolute atomic E-state index is 10.5. The first-order valence-electron chi connectivity index (χ1n) is 4.41. The normalized spacial score (nSPS) is 16.6. The van der Waals surface area contributed by atoms with Gasteiger partial charge in [-0.3, -0.25) is 0 Å². The van der Waals surface area contributed by atoms with Crippen LogP contribution in [-0.2, 0) is 4.57 Å². The quantitative estimate of drug-likeness (QED) is 0.344. The van der Waals surface area contributed by atoms with E-state index in [0.29, 0.717) is 13.1 Å². The molecule has 1 atom stereocenters. The van der Waals surface area contributed by atoms with Crippen molar-refractivity contribution in [3.05, 3.63) is 0 Å². The van der Waals surface area contributed by atoms with Crippen LogP contribution in [0.5, 0.6) is 0 Å². The highest BCUT2D eigenvalue weighted by atomic mass is 31.2. The van der Waals surface area contributed by atoms with Gasteiger partial charge in [-0.15, -0.1) is 0 Å². The molecule has 0 radical (unpaired) electrons. The number of aliphatic hydroxyl groups excluding tert-OH is 2. The second-order valence-electron chi connectivity index (χ2n) is 3.60. The lowest BCUT2D eigenvalue weighted by Gasteiger charge is -2.34. The summed E-state index contributed by atoms with van der Waals surface area (Å²) in [6.07, 6.45) is -0.330. The molecule has 0 aromatic carbocycles. The van der Waals surface area contributed by atoms with Crippen molar-refractivity contribution in [2.45, 2.75) is 0 Å². The fourth-order valence-corrected chi connectivity index (χ4v) is 1.92. The van der Waals surface area contributed by atoms with E-state index in [0.717, 1.165) is 0 Å². The first-order chi connectivity index (χ1) is 6.33. The van der Waals surface area contributed by atoms with Crippen molar-refractivity contribution in [3.63, 3.8) is 0 Å². The average molecular weight is 227 g/mol. The predicted octanol–water partition coefficient (Wildman–Crippen LogP) is -2.04. The Labute approximate surface area is 83.5 Å². The highest BCUT2D eigenvalue weighted by Crippen LogP contribution is 2.28. The Balaban J connectivity index is 4.15. The molecular weight excluding hydrogens is 209 g/mol. The second kappa shape index (κ2) is 5.80. The molecule has 0 aromatic heterocycles. The minimum absolute atomic E-state index is 0.0783. The van der Waals surface area contributed by atoms with Crippen LogP contribution in [0.1, 0.15) is 0 Å². The van der Waals surface area contributed by atoms with Crippen LogP contribution in [0.25, 0.3) is 0 Å². The lowest BCUT2D eigenvalue weighted by atomic mass is 10.4. The third-order valence-electron chi connectivity index (χ3n) is 2.20. The molecule has 6 nitrogen and oxygen atoms in total. The van der Waals surface area contributed by atoms with Crippen LogP contribution in [0.3, 0.4) is 0 Å². The number of likely N-dealkylation sites (N-methyl/N-ethyl adjacent to an activating group) is 1. The van der Waals surface area contributed by atoms with Gasteiger partial charge in [-0.25, -0.2) is 0 Å². The fourth-order valence-electron chi connectivity index (χ4n) is 1.19.